The van der Waals surface area contributed by atoms with E-state index in [1.54, 1.807) is 30.6 Å². The number of aromatic nitrogens is 2. The number of carboxylic acids is 1. The fraction of sp³-hybridized carbons (Fsp3) is 0.312. The van der Waals surface area contributed by atoms with E-state index in [2.05, 4.69) is 15.3 Å². The largest absolute Gasteiger partial charge is 0.478 e. The number of carboxylic acid groups (broad SMARTS) is 1. The monoisotopic (exact) mass is 283 g/mol. The number of carbonyl (C=O) groups is 1. The second-order valence-corrected chi connectivity index (χ2v) is 5.22. The van der Waals surface area contributed by atoms with Gasteiger partial charge in [-0.15, -0.1) is 0 Å². The molecule has 0 saturated carbocycles. The van der Waals surface area contributed by atoms with Crippen LogP contribution >= 0.6 is 0 Å². The number of fused-ring (bicyclic) bond motifs is 1. The van der Waals surface area contributed by atoms with Crippen molar-refractivity contribution in [3.63, 3.8) is 0 Å². The zero-order valence-corrected chi connectivity index (χ0v) is 11.7. The third-order valence-electron chi connectivity index (χ3n) is 3.77. The summed E-state index contributed by atoms with van der Waals surface area (Å²) in [5.74, 6) is -0.0811. The predicted octanol–water partition coefficient (Wildman–Crippen LogP) is 3.19. The van der Waals surface area contributed by atoms with E-state index in [0.717, 1.165) is 36.5 Å². The van der Waals surface area contributed by atoms with Gasteiger partial charge in [0.1, 0.15) is 12.1 Å². The molecule has 21 heavy (non-hydrogen) atoms. The van der Waals surface area contributed by atoms with Gasteiger partial charge >= 0.3 is 5.97 Å². The number of hydrogen-bond acceptors (Lipinski definition) is 4. The zero-order valence-electron chi connectivity index (χ0n) is 11.7. The average molecular weight is 283 g/mol. The Morgan fingerprint density at radius 3 is 2.57 bits per heavy atom. The van der Waals surface area contributed by atoms with Crippen molar-refractivity contribution in [2.45, 2.75) is 32.1 Å². The number of hydrogen-bond donors (Lipinski definition) is 2. The Hall–Kier alpha value is -2.43. The molecule has 0 aliphatic heterocycles. The number of aryl methyl sites for hydroxylation is 1. The molecule has 0 unspecified atom stereocenters. The lowest BCUT2D eigenvalue weighted by Gasteiger charge is -2.12. The van der Waals surface area contributed by atoms with E-state index < -0.39 is 5.97 Å². The van der Waals surface area contributed by atoms with Gasteiger partial charge < -0.3 is 10.4 Å². The third-order valence-corrected chi connectivity index (χ3v) is 3.77. The van der Waals surface area contributed by atoms with Crippen molar-refractivity contribution in [2.75, 3.05) is 5.32 Å². The summed E-state index contributed by atoms with van der Waals surface area (Å²) in [5.41, 5.74) is 3.44. The molecule has 0 saturated heterocycles. The van der Waals surface area contributed by atoms with E-state index in [4.69, 9.17) is 5.11 Å². The van der Waals surface area contributed by atoms with E-state index in [1.807, 2.05) is 0 Å². The Morgan fingerprint density at radius 2 is 1.81 bits per heavy atom. The van der Waals surface area contributed by atoms with Gasteiger partial charge in [0, 0.05) is 16.9 Å². The number of aromatic carboxylic acids is 1. The smallest absolute Gasteiger partial charge is 0.335 e. The maximum Gasteiger partial charge on any atom is 0.335 e. The van der Waals surface area contributed by atoms with Crippen molar-refractivity contribution >= 4 is 17.5 Å². The lowest BCUT2D eigenvalue weighted by atomic mass is 10.1. The van der Waals surface area contributed by atoms with Crippen LogP contribution in [0, 0.1) is 0 Å². The van der Waals surface area contributed by atoms with E-state index >= 15 is 0 Å². The van der Waals surface area contributed by atoms with Crippen molar-refractivity contribution in [2.24, 2.45) is 0 Å². The Labute approximate surface area is 123 Å². The lowest BCUT2D eigenvalue weighted by molar-refractivity contribution is 0.0697. The molecule has 5 nitrogen and oxygen atoms in total. The van der Waals surface area contributed by atoms with Gasteiger partial charge in [0.25, 0.3) is 0 Å². The summed E-state index contributed by atoms with van der Waals surface area (Å²) >= 11 is 0. The summed E-state index contributed by atoms with van der Waals surface area (Å²) in [6.45, 7) is 0. The summed E-state index contributed by atoms with van der Waals surface area (Å²) < 4.78 is 0. The second-order valence-electron chi connectivity index (χ2n) is 5.22. The standard InChI is InChI=1S/C16H17N3O2/c20-16(21)11-6-8-12(9-7-11)19-15-13-4-2-1-3-5-14(13)17-10-18-15/h6-10H,1-5H2,(H,20,21)(H,17,18,19). The summed E-state index contributed by atoms with van der Waals surface area (Å²) in [7, 11) is 0. The summed E-state index contributed by atoms with van der Waals surface area (Å²) in [5, 5.41) is 12.2. The zero-order chi connectivity index (χ0) is 14.7. The van der Waals surface area contributed by atoms with Crippen LogP contribution in [0.15, 0.2) is 30.6 Å². The quantitative estimate of drug-likeness (QED) is 0.846. The van der Waals surface area contributed by atoms with Crippen LogP contribution in [0.2, 0.25) is 0 Å². The summed E-state index contributed by atoms with van der Waals surface area (Å²) in [6.07, 6.45) is 7.15. The van der Waals surface area contributed by atoms with Crippen LogP contribution in [0.4, 0.5) is 11.5 Å². The van der Waals surface area contributed by atoms with Crippen molar-refractivity contribution in [3.05, 3.63) is 47.4 Å². The molecule has 0 atom stereocenters. The van der Waals surface area contributed by atoms with Gasteiger partial charge in [0.05, 0.1) is 5.56 Å². The number of nitrogens with one attached hydrogen (secondary N) is 1. The Morgan fingerprint density at radius 1 is 1.05 bits per heavy atom. The molecular weight excluding hydrogens is 266 g/mol. The van der Waals surface area contributed by atoms with Crippen LogP contribution in [0.3, 0.4) is 0 Å². The first-order valence-electron chi connectivity index (χ1n) is 7.17. The van der Waals surface area contributed by atoms with Crippen LogP contribution in [0.5, 0.6) is 0 Å². The summed E-state index contributed by atoms with van der Waals surface area (Å²) in [4.78, 5) is 19.6. The highest BCUT2D eigenvalue weighted by molar-refractivity contribution is 5.88. The highest BCUT2D eigenvalue weighted by Crippen LogP contribution is 2.26. The van der Waals surface area contributed by atoms with Crippen molar-refractivity contribution in [1.82, 2.24) is 9.97 Å². The van der Waals surface area contributed by atoms with E-state index in [1.165, 1.54) is 18.4 Å². The van der Waals surface area contributed by atoms with Crippen LogP contribution < -0.4 is 5.32 Å². The molecule has 1 heterocycles. The maximum atomic E-state index is 10.9. The molecule has 2 N–H and O–H groups in total. The molecule has 1 aliphatic rings. The average Bonchev–Trinajstić information content (AvgIpc) is 2.74. The van der Waals surface area contributed by atoms with Gasteiger partial charge in [-0.25, -0.2) is 14.8 Å². The minimum Gasteiger partial charge on any atom is -0.478 e. The van der Waals surface area contributed by atoms with Crippen molar-refractivity contribution in [3.8, 4) is 0 Å². The fourth-order valence-electron chi connectivity index (χ4n) is 2.64. The SMILES string of the molecule is O=C(O)c1ccc(Nc2ncnc3c2CCCCC3)cc1. The van der Waals surface area contributed by atoms with Crippen LogP contribution in [-0.2, 0) is 12.8 Å². The normalized spacial score (nSPS) is 14.1. The van der Waals surface area contributed by atoms with Gasteiger partial charge in [-0.05, 0) is 49.9 Å². The van der Waals surface area contributed by atoms with E-state index in [0.29, 0.717) is 0 Å². The van der Waals surface area contributed by atoms with Gasteiger partial charge in [-0.3, -0.25) is 0 Å². The molecule has 0 fully saturated rings. The number of nitrogens with zero attached hydrogens (tertiary/aromatic N) is 2. The molecule has 1 aromatic carbocycles. The number of rotatable bonds is 3. The second kappa shape index (κ2) is 5.91. The van der Waals surface area contributed by atoms with E-state index in [-0.39, 0.29) is 5.56 Å². The van der Waals surface area contributed by atoms with E-state index in [9.17, 15) is 4.79 Å². The highest BCUT2D eigenvalue weighted by atomic mass is 16.4. The molecule has 1 aromatic heterocycles. The highest BCUT2D eigenvalue weighted by Gasteiger charge is 2.14. The maximum absolute atomic E-state index is 10.9. The van der Waals surface area contributed by atoms with Crippen molar-refractivity contribution < 1.29 is 9.90 Å². The van der Waals surface area contributed by atoms with Gasteiger partial charge in [0.2, 0.25) is 0 Å². The molecule has 0 amide bonds. The van der Waals surface area contributed by atoms with Crippen LogP contribution in [0.1, 0.15) is 40.9 Å². The summed E-state index contributed by atoms with van der Waals surface area (Å²) in [6, 6.07) is 6.69. The molecule has 108 valence electrons. The van der Waals surface area contributed by atoms with Gasteiger partial charge in [0.15, 0.2) is 0 Å². The van der Waals surface area contributed by atoms with Crippen LogP contribution in [-0.4, -0.2) is 21.0 Å². The number of benzene rings is 1. The molecule has 0 bridgehead atoms. The lowest BCUT2D eigenvalue weighted by Crippen LogP contribution is -2.04. The molecular formula is C16H17N3O2. The molecule has 0 radical (unpaired) electrons. The Balaban J connectivity index is 1.86. The molecule has 0 spiro atoms. The van der Waals surface area contributed by atoms with Crippen LogP contribution in [0.25, 0.3) is 0 Å². The Kier molecular flexibility index (Phi) is 3.81. The molecule has 2 aromatic rings. The van der Waals surface area contributed by atoms with Gasteiger partial charge in [-0.2, -0.15) is 0 Å². The Bertz CT molecular complexity index is 653. The predicted molar refractivity (Wildman–Crippen MR) is 80.0 cm³/mol. The minimum atomic E-state index is -0.919. The number of anilines is 2. The minimum absolute atomic E-state index is 0.280. The third kappa shape index (κ3) is 3.02. The first-order chi connectivity index (χ1) is 10.2. The van der Waals surface area contributed by atoms with Crippen molar-refractivity contribution in [1.29, 1.82) is 0 Å². The first kappa shape index (κ1) is 13.5. The van der Waals surface area contributed by atoms with Gasteiger partial charge in [-0.1, -0.05) is 6.42 Å². The molecule has 1 aliphatic carbocycles. The fourth-order valence-corrected chi connectivity index (χ4v) is 2.64. The molecule has 5 heteroatoms. The molecule has 3 rings (SSSR count). The first-order valence-corrected chi connectivity index (χ1v) is 7.17. The topological polar surface area (TPSA) is 75.1 Å².